The molecule has 2 aromatic rings. The maximum absolute atomic E-state index is 12.3. The number of anilines is 1. The van der Waals surface area contributed by atoms with Crippen molar-refractivity contribution < 1.29 is 17.9 Å². The van der Waals surface area contributed by atoms with E-state index in [1.807, 2.05) is 24.3 Å². The van der Waals surface area contributed by atoms with Gasteiger partial charge in [-0.1, -0.05) is 49.7 Å². The number of hydrogen-bond acceptors (Lipinski definition) is 5. The van der Waals surface area contributed by atoms with E-state index in [1.54, 1.807) is 6.07 Å². The zero-order valence-corrected chi connectivity index (χ0v) is 18.3. The molecule has 0 aliphatic carbocycles. The molecule has 0 saturated carbocycles. The van der Waals surface area contributed by atoms with E-state index >= 15 is 0 Å². The van der Waals surface area contributed by atoms with Crippen molar-refractivity contribution in [3.05, 3.63) is 58.6 Å². The lowest BCUT2D eigenvalue weighted by Crippen LogP contribution is -2.39. The topological polar surface area (TPSA) is 88.1 Å². The minimum absolute atomic E-state index is 0.172. The first-order chi connectivity index (χ1) is 13.6. The Morgan fingerprint density at radius 2 is 1.90 bits per heavy atom. The van der Waals surface area contributed by atoms with Gasteiger partial charge in [0, 0.05) is 5.02 Å². The van der Waals surface area contributed by atoms with Gasteiger partial charge in [0.1, 0.15) is 12.3 Å². The number of nitrogens with one attached hydrogen (secondary N) is 1. The maximum Gasteiger partial charge on any atom is 0.260 e. The van der Waals surface area contributed by atoms with E-state index in [4.69, 9.17) is 16.3 Å². The second-order valence-corrected chi connectivity index (χ2v) is 9.04. The molecule has 0 fully saturated rings. The molecule has 0 saturated heterocycles. The molecule has 2 rings (SSSR count). The highest BCUT2D eigenvalue weighted by molar-refractivity contribution is 7.92. The molecule has 0 atom stereocenters. The number of carbonyl (C=O) groups is 1. The molecule has 0 heterocycles. The highest BCUT2D eigenvalue weighted by Crippen LogP contribution is 2.32. The van der Waals surface area contributed by atoms with E-state index in [-0.39, 0.29) is 11.4 Å². The number of hydrazone groups is 1. The predicted octanol–water partition coefficient (Wildman–Crippen LogP) is 3.39. The molecule has 0 spiro atoms. The van der Waals surface area contributed by atoms with Crippen molar-refractivity contribution in [1.29, 1.82) is 0 Å². The lowest BCUT2D eigenvalue weighted by atomic mass is 10.0. The summed E-state index contributed by atoms with van der Waals surface area (Å²) in [5.74, 6) is 0.0972. The zero-order chi connectivity index (χ0) is 21.6. The summed E-state index contributed by atoms with van der Waals surface area (Å²) in [5.41, 5.74) is 4.53. The molecule has 0 aromatic heterocycles. The Morgan fingerprint density at radius 3 is 2.45 bits per heavy atom. The smallest absolute Gasteiger partial charge is 0.260 e. The number of rotatable bonds is 8. The van der Waals surface area contributed by atoms with Crippen molar-refractivity contribution >= 4 is 39.4 Å². The van der Waals surface area contributed by atoms with Crippen molar-refractivity contribution in [3.63, 3.8) is 0 Å². The fraction of sp³-hybridized carbons (Fsp3) is 0.300. The van der Waals surface area contributed by atoms with Crippen LogP contribution in [0, 0.1) is 0 Å². The largest absolute Gasteiger partial charge is 0.495 e. The summed E-state index contributed by atoms with van der Waals surface area (Å²) >= 11 is 5.99. The molecule has 2 aromatic carbocycles. The van der Waals surface area contributed by atoms with Gasteiger partial charge in [-0.25, -0.2) is 13.8 Å². The van der Waals surface area contributed by atoms with Crippen LogP contribution >= 0.6 is 11.6 Å². The van der Waals surface area contributed by atoms with Crippen LogP contribution in [0.3, 0.4) is 0 Å². The number of benzene rings is 2. The summed E-state index contributed by atoms with van der Waals surface area (Å²) in [6.07, 6.45) is 2.49. The molecule has 29 heavy (non-hydrogen) atoms. The van der Waals surface area contributed by atoms with Crippen LogP contribution in [-0.4, -0.2) is 40.4 Å². The predicted molar refractivity (Wildman–Crippen MR) is 116 cm³/mol. The fourth-order valence-electron chi connectivity index (χ4n) is 2.55. The van der Waals surface area contributed by atoms with Gasteiger partial charge in [0.15, 0.2) is 0 Å². The highest BCUT2D eigenvalue weighted by Gasteiger charge is 2.24. The van der Waals surface area contributed by atoms with E-state index < -0.39 is 22.5 Å². The first-order valence-electron chi connectivity index (χ1n) is 8.85. The summed E-state index contributed by atoms with van der Waals surface area (Å²) in [4.78, 5) is 12.3. The number of amides is 1. The maximum atomic E-state index is 12.3. The van der Waals surface area contributed by atoms with Crippen LogP contribution in [0.2, 0.25) is 5.02 Å². The third-order valence-corrected chi connectivity index (χ3v) is 5.46. The number of halogens is 1. The van der Waals surface area contributed by atoms with Gasteiger partial charge in [-0.15, -0.1) is 0 Å². The van der Waals surface area contributed by atoms with Gasteiger partial charge in [0.05, 0.1) is 25.3 Å². The molecular weight excluding hydrogens is 414 g/mol. The molecule has 0 unspecified atom stereocenters. The quantitative estimate of drug-likeness (QED) is 0.506. The molecule has 0 aliphatic heterocycles. The third kappa shape index (κ3) is 6.47. The number of ether oxygens (including phenoxy) is 1. The molecule has 1 amide bonds. The minimum Gasteiger partial charge on any atom is -0.495 e. The van der Waals surface area contributed by atoms with Crippen LogP contribution in [-0.2, 0) is 14.8 Å². The van der Waals surface area contributed by atoms with E-state index in [2.05, 4.69) is 24.4 Å². The van der Waals surface area contributed by atoms with Gasteiger partial charge < -0.3 is 4.74 Å². The Bertz CT molecular complexity index is 989. The summed E-state index contributed by atoms with van der Waals surface area (Å²) < 4.78 is 30.6. The second kappa shape index (κ2) is 9.76. The van der Waals surface area contributed by atoms with Gasteiger partial charge in [-0.2, -0.15) is 5.10 Å². The summed E-state index contributed by atoms with van der Waals surface area (Å²) in [5, 5.41) is 4.22. The minimum atomic E-state index is -3.77. The number of sulfonamides is 1. The Hall–Kier alpha value is -2.58. The van der Waals surface area contributed by atoms with Crippen LogP contribution in [0.15, 0.2) is 47.6 Å². The average Bonchev–Trinajstić information content (AvgIpc) is 2.65. The summed E-state index contributed by atoms with van der Waals surface area (Å²) in [7, 11) is -2.37. The Kier molecular flexibility index (Phi) is 7.64. The molecule has 0 radical (unpaired) electrons. The fourth-order valence-corrected chi connectivity index (χ4v) is 3.57. The third-order valence-electron chi connectivity index (χ3n) is 4.10. The van der Waals surface area contributed by atoms with Crippen molar-refractivity contribution in [2.75, 3.05) is 24.2 Å². The Morgan fingerprint density at radius 1 is 1.24 bits per heavy atom. The van der Waals surface area contributed by atoms with Crippen LogP contribution in [0.1, 0.15) is 30.9 Å². The normalized spacial score (nSPS) is 11.7. The van der Waals surface area contributed by atoms with Gasteiger partial charge in [0.25, 0.3) is 5.91 Å². The van der Waals surface area contributed by atoms with E-state index in [9.17, 15) is 13.2 Å². The Labute approximate surface area is 176 Å². The number of hydrogen-bond donors (Lipinski definition) is 1. The van der Waals surface area contributed by atoms with Gasteiger partial charge in [0.2, 0.25) is 10.0 Å². The zero-order valence-electron chi connectivity index (χ0n) is 16.7. The standard InChI is InChI=1S/C20H24ClN3O4S/c1-14(2)16-7-5-15(6-8-16)12-22-23-20(25)13-24(29(4,26)27)18-11-17(21)9-10-19(18)28-3/h5-12,14H,13H2,1-4H3,(H,23,25)/b22-12-. The summed E-state index contributed by atoms with van der Waals surface area (Å²) in [6.45, 7) is 3.73. The molecule has 0 aliphatic rings. The lowest BCUT2D eigenvalue weighted by Gasteiger charge is -2.23. The van der Waals surface area contributed by atoms with Crippen molar-refractivity contribution in [1.82, 2.24) is 5.43 Å². The Balaban J connectivity index is 2.12. The highest BCUT2D eigenvalue weighted by atomic mass is 35.5. The first kappa shape index (κ1) is 22.7. The van der Waals surface area contributed by atoms with Crippen LogP contribution in [0.5, 0.6) is 5.75 Å². The van der Waals surface area contributed by atoms with Crippen LogP contribution in [0.4, 0.5) is 5.69 Å². The van der Waals surface area contributed by atoms with Gasteiger partial charge in [-0.3, -0.25) is 9.10 Å². The van der Waals surface area contributed by atoms with Crippen LogP contribution in [0.25, 0.3) is 0 Å². The van der Waals surface area contributed by atoms with Gasteiger partial charge in [-0.05, 0) is 35.2 Å². The summed E-state index contributed by atoms with van der Waals surface area (Å²) in [6, 6.07) is 12.3. The van der Waals surface area contributed by atoms with Crippen molar-refractivity contribution in [3.8, 4) is 5.75 Å². The van der Waals surface area contributed by atoms with Crippen molar-refractivity contribution in [2.45, 2.75) is 19.8 Å². The lowest BCUT2D eigenvalue weighted by molar-refractivity contribution is -0.119. The number of carbonyl (C=O) groups excluding carboxylic acids is 1. The van der Waals surface area contributed by atoms with E-state index in [0.29, 0.717) is 10.9 Å². The van der Waals surface area contributed by atoms with Gasteiger partial charge >= 0.3 is 0 Å². The SMILES string of the molecule is COc1ccc(Cl)cc1N(CC(=O)N/N=C\c1ccc(C(C)C)cc1)S(C)(=O)=O. The molecule has 156 valence electrons. The van der Waals surface area contributed by atoms with Crippen LogP contribution < -0.4 is 14.5 Å². The van der Waals surface area contributed by atoms with E-state index in [1.165, 1.54) is 31.0 Å². The molecule has 9 heteroatoms. The molecule has 1 N–H and O–H groups in total. The number of methoxy groups -OCH3 is 1. The molecule has 0 bridgehead atoms. The average molecular weight is 438 g/mol. The molecular formula is C20H24ClN3O4S. The monoisotopic (exact) mass is 437 g/mol. The first-order valence-corrected chi connectivity index (χ1v) is 11.1. The van der Waals surface area contributed by atoms with E-state index in [0.717, 1.165) is 16.1 Å². The second-order valence-electron chi connectivity index (χ2n) is 6.70. The number of nitrogens with zero attached hydrogens (tertiary/aromatic N) is 2. The van der Waals surface area contributed by atoms with Crippen molar-refractivity contribution in [2.24, 2.45) is 5.10 Å². The molecule has 7 nitrogen and oxygen atoms in total.